The van der Waals surface area contributed by atoms with Gasteiger partial charge in [-0.15, -0.1) is 0 Å². The minimum Gasteiger partial charge on any atom is -0.478 e. The second kappa shape index (κ2) is 7.36. The highest BCUT2D eigenvalue weighted by Gasteiger charge is 2.09. The van der Waals surface area contributed by atoms with Crippen molar-refractivity contribution in [3.8, 4) is 0 Å². The number of rotatable bonds is 5. The zero-order valence-corrected chi connectivity index (χ0v) is 15.2. The van der Waals surface area contributed by atoms with E-state index < -0.39 is 5.97 Å². The third-order valence-corrected chi connectivity index (χ3v) is 4.09. The summed E-state index contributed by atoms with van der Waals surface area (Å²) in [5.74, 6) is -0.271. The first kappa shape index (κ1) is 17.6. The second-order valence-electron chi connectivity index (χ2n) is 5.36. The molecule has 0 unspecified atom stereocenters. The van der Waals surface area contributed by atoms with Crippen molar-refractivity contribution in [2.45, 2.75) is 0 Å². The Morgan fingerprint density at radius 3 is 2.62 bits per heavy atom. The zero-order valence-electron chi connectivity index (χ0n) is 13.6. The van der Waals surface area contributed by atoms with Gasteiger partial charge >= 0.3 is 5.97 Å². The van der Waals surface area contributed by atoms with E-state index in [1.807, 2.05) is 0 Å². The first-order valence-electron chi connectivity index (χ1n) is 7.49. The average molecular weight is 416 g/mol. The summed E-state index contributed by atoms with van der Waals surface area (Å²) in [7, 11) is 1.66. The topological polar surface area (TPSA) is 109 Å². The van der Waals surface area contributed by atoms with Crippen molar-refractivity contribution >= 4 is 45.0 Å². The van der Waals surface area contributed by atoms with Crippen molar-refractivity contribution in [3.05, 3.63) is 69.2 Å². The summed E-state index contributed by atoms with van der Waals surface area (Å²) >= 11 is 3.35. The highest BCUT2D eigenvalue weighted by molar-refractivity contribution is 9.10. The Hall–Kier alpha value is -3.20. The van der Waals surface area contributed by atoms with E-state index in [-0.39, 0.29) is 11.1 Å². The molecule has 26 heavy (non-hydrogen) atoms. The van der Waals surface area contributed by atoms with E-state index in [4.69, 9.17) is 5.11 Å². The largest absolute Gasteiger partial charge is 0.478 e. The Morgan fingerprint density at radius 2 is 1.92 bits per heavy atom. The van der Waals surface area contributed by atoms with E-state index in [2.05, 4.69) is 36.5 Å². The Balaban J connectivity index is 1.84. The van der Waals surface area contributed by atoms with E-state index in [0.717, 1.165) is 0 Å². The molecular formula is C17H14BrN5O3. The maximum absolute atomic E-state index is 12.1. The Morgan fingerprint density at radius 1 is 1.19 bits per heavy atom. The van der Waals surface area contributed by atoms with Crippen molar-refractivity contribution in [3.63, 3.8) is 0 Å². The Kier molecular flexibility index (Phi) is 4.99. The molecule has 0 saturated carbocycles. The molecule has 0 atom stereocenters. The lowest BCUT2D eigenvalue weighted by Crippen LogP contribution is -2.19. The molecule has 0 amide bonds. The maximum Gasteiger partial charge on any atom is 0.335 e. The standard InChI is InChI=1S/C17H14BrN5O3/c1-23-8-2-3-13(15(23)24)21-14-12(18)9-19-17(22-14)20-11-6-4-10(5-7-11)16(25)26/h2-9H,1H3,(H,25,26)(H2,19,20,21,22). The lowest BCUT2D eigenvalue weighted by atomic mass is 10.2. The highest BCUT2D eigenvalue weighted by atomic mass is 79.9. The molecule has 2 heterocycles. The van der Waals surface area contributed by atoms with Crippen LogP contribution in [-0.4, -0.2) is 25.6 Å². The molecule has 3 N–H and O–H groups in total. The van der Waals surface area contributed by atoms with E-state index >= 15 is 0 Å². The number of pyridine rings is 1. The van der Waals surface area contributed by atoms with Gasteiger partial charge in [-0.05, 0) is 52.3 Å². The minimum atomic E-state index is -0.993. The lowest BCUT2D eigenvalue weighted by Gasteiger charge is -2.10. The molecular weight excluding hydrogens is 402 g/mol. The number of aromatic carboxylic acids is 1. The molecule has 9 heteroatoms. The summed E-state index contributed by atoms with van der Waals surface area (Å²) in [6.07, 6.45) is 3.22. The number of nitrogens with zero attached hydrogens (tertiary/aromatic N) is 3. The summed E-state index contributed by atoms with van der Waals surface area (Å²) in [6, 6.07) is 9.62. The van der Waals surface area contributed by atoms with Crippen LogP contribution >= 0.6 is 15.9 Å². The number of benzene rings is 1. The van der Waals surface area contributed by atoms with E-state index in [1.54, 1.807) is 43.7 Å². The fraction of sp³-hybridized carbons (Fsp3) is 0.0588. The van der Waals surface area contributed by atoms with Crippen LogP contribution in [0.25, 0.3) is 0 Å². The number of carbonyl (C=O) groups is 1. The number of halogens is 1. The Labute approximate surface area is 156 Å². The predicted molar refractivity (Wildman–Crippen MR) is 101 cm³/mol. The molecule has 0 saturated heterocycles. The van der Waals surface area contributed by atoms with Gasteiger partial charge in [0, 0.05) is 25.1 Å². The number of aryl methyl sites for hydroxylation is 1. The van der Waals surface area contributed by atoms with Crippen LogP contribution in [0.1, 0.15) is 10.4 Å². The van der Waals surface area contributed by atoms with Crippen molar-refractivity contribution < 1.29 is 9.90 Å². The van der Waals surface area contributed by atoms with Crippen LogP contribution in [0, 0.1) is 0 Å². The zero-order chi connectivity index (χ0) is 18.7. The molecule has 0 fully saturated rings. The number of aromatic nitrogens is 3. The third kappa shape index (κ3) is 3.89. The Bertz CT molecular complexity index is 1020. The summed E-state index contributed by atoms with van der Waals surface area (Å²) in [5, 5.41) is 14.9. The first-order chi connectivity index (χ1) is 12.4. The van der Waals surface area contributed by atoms with Gasteiger partial charge in [0.15, 0.2) is 5.82 Å². The van der Waals surface area contributed by atoms with E-state index in [0.29, 0.717) is 27.6 Å². The van der Waals surface area contributed by atoms with Crippen molar-refractivity contribution in [1.82, 2.24) is 14.5 Å². The van der Waals surface area contributed by atoms with Crippen LogP contribution in [-0.2, 0) is 7.05 Å². The van der Waals surface area contributed by atoms with Crippen LogP contribution in [0.3, 0.4) is 0 Å². The molecule has 0 radical (unpaired) electrons. The number of anilines is 4. The van der Waals surface area contributed by atoms with Crippen LogP contribution in [0.4, 0.5) is 23.1 Å². The number of nitrogens with one attached hydrogen (secondary N) is 2. The normalized spacial score (nSPS) is 10.4. The molecule has 0 aliphatic heterocycles. The van der Waals surface area contributed by atoms with Gasteiger partial charge in [0.2, 0.25) is 5.95 Å². The second-order valence-corrected chi connectivity index (χ2v) is 6.21. The lowest BCUT2D eigenvalue weighted by molar-refractivity contribution is 0.0697. The summed E-state index contributed by atoms with van der Waals surface area (Å²) in [5.41, 5.74) is 1.02. The van der Waals surface area contributed by atoms with Crippen molar-refractivity contribution in [2.24, 2.45) is 7.05 Å². The van der Waals surface area contributed by atoms with E-state index in [9.17, 15) is 9.59 Å². The van der Waals surface area contributed by atoms with Gasteiger partial charge in [-0.1, -0.05) is 0 Å². The number of carboxylic acid groups (broad SMARTS) is 1. The van der Waals surface area contributed by atoms with Gasteiger partial charge in [-0.2, -0.15) is 4.98 Å². The SMILES string of the molecule is Cn1cccc(Nc2nc(Nc3ccc(C(=O)O)cc3)ncc2Br)c1=O. The molecule has 0 aliphatic rings. The molecule has 0 aliphatic carbocycles. The number of hydrogen-bond acceptors (Lipinski definition) is 6. The monoisotopic (exact) mass is 415 g/mol. The molecule has 0 spiro atoms. The molecule has 0 bridgehead atoms. The molecule has 132 valence electrons. The van der Waals surface area contributed by atoms with Crippen LogP contribution in [0.15, 0.2) is 58.1 Å². The molecule has 2 aromatic heterocycles. The summed E-state index contributed by atoms with van der Waals surface area (Å²) in [4.78, 5) is 31.5. The molecule has 1 aromatic carbocycles. The fourth-order valence-electron chi connectivity index (χ4n) is 2.16. The summed E-state index contributed by atoms with van der Waals surface area (Å²) < 4.78 is 2.05. The van der Waals surface area contributed by atoms with Gasteiger partial charge < -0.3 is 20.3 Å². The third-order valence-electron chi connectivity index (χ3n) is 3.51. The molecule has 3 aromatic rings. The van der Waals surface area contributed by atoms with Crippen molar-refractivity contribution in [2.75, 3.05) is 10.6 Å². The van der Waals surface area contributed by atoms with Crippen LogP contribution in [0.5, 0.6) is 0 Å². The van der Waals surface area contributed by atoms with Gasteiger partial charge in [0.25, 0.3) is 5.56 Å². The minimum absolute atomic E-state index is 0.184. The number of carboxylic acids is 1. The molecule has 3 rings (SSSR count). The maximum atomic E-state index is 12.1. The smallest absolute Gasteiger partial charge is 0.335 e. The van der Waals surface area contributed by atoms with Gasteiger partial charge in [0.05, 0.1) is 10.0 Å². The average Bonchev–Trinajstić information content (AvgIpc) is 2.62. The van der Waals surface area contributed by atoms with E-state index in [1.165, 1.54) is 16.7 Å². The van der Waals surface area contributed by atoms with Crippen LogP contribution < -0.4 is 16.2 Å². The molecule has 8 nitrogen and oxygen atoms in total. The predicted octanol–water partition coefficient (Wildman–Crippen LogP) is 3.12. The van der Waals surface area contributed by atoms with Gasteiger partial charge in [-0.25, -0.2) is 9.78 Å². The highest BCUT2D eigenvalue weighted by Crippen LogP contribution is 2.24. The first-order valence-corrected chi connectivity index (χ1v) is 8.29. The van der Waals surface area contributed by atoms with Crippen molar-refractivity contribution in [1.29, 1.82) is 0 Å². The number of hydrogen-bond donors (Lipinski definition) is 3. The summed E-state index contributed by atoms with van der Waals surface area (Å²) in [6.45, 7) is 0. The quantitative estimate of drug-likeness (QED) is 0.586. The van der Waals surface area contributed by atoms with Gasteiger partial charge in [-0.3, -0.25) is 4.79 Å². The fourth-order valence-corrected chi connectivity index (χ4v) is 2.45. The van der Waals surface area contributed by atoms with Gasteiger partial charge in [0.1, 0.15) is 5.69 Å². The van der Waals surface area contributed by atoms with Crippen LogP contribution in [0.2, 0.25) is 0 Å².